The third kappa shape index (κ3) is 5.01. The molecule has 2 N–H and O–H groups in total. The van der Waals surface area contributed by atoms with Crippen molar-refractivity contribution in [2.45, 2.75) is 18.2 Å². The zero-order valence-electron chi connectivity index (χ0n) is 13.5. The van der Waals surface area contributed by atoms with Crippen LogP contribution in [-0.2, 0) is 16.4 Å². The monoisotopic (exact) mass is 372 g/mol. The molecule has 0 amide bonds. The Bertz CT molecular complexity index is 754. The predicted octanol–water partition coefficient (Wildman–Crippen LogP) is 2.75. The molecule has 0 aliphatic carbocycles. The summed E-state index contributed by atoms with van der Waals surface area (Å²) in [6.07, 6.45) is 0.549. The predicted molar refractivity (Wildman–Crippen MR) is 96.3 cm³/mol. The van der Waals surface area contributed by atoms with E-state index in [1.807, 2.05) is 30.3 Å². The summed E-state index contributed by atoms with van der Waals surface area (Å²) >= 11 is 0. The standard InChI is InChI=1S/C17H21FN2O2S.ClH/c1-14-7-8-16(18)17(13-14)23(21,22)20(12-10-19)11-9-15-5-3-2-4-6-15;/h2-8,13H,9-12,19H2,1H3;1H. The Morgan fingerprint density at radius 3 is 2.38 bits per heavy atom. The van der Waals surface area contributed by atoms with Crippen LogP contribution in [0.1, 0.15) is 11.1 Å². The van der Waals surface area contributed by atoms with Crippen LogP contribution in [0.15, 0.2) is 53.4 Å². The van der Waals surface area contributed by atoms with Gasteiger partial charge < -0.3 is 5.73 Å². The molecule has 2 aromatic rings. The van der Waals surface area contributed by atoms with Gasteiger partial charge in [-0.2, -0.15) is 4.31 Å². The number of sulfonamides is 1. The number of rotatable bonds is 7. The molecule has 0 saturated carbocycles. The van der Waals surface area contributed by atoms with Crippen molar-refractivity contribution in [2.75, 3.05) is 19.6 Å². The molecule has 0 bridgehead atoms. The summed E-state index contributed by atoms with van der Waals surface area (Å²) in [6, 6.07) is 13.7. The molecular formula is C17H22ClFN2O2S. The van der Waals surface area contributed by atoms with Crippen LogP contribution in [0.25, 0.3) is 0 Å². The maximum atomic E-state index is 14.0. The fourth-order valence-electron chi connectivity index (χ4n) is 2.34. The molecule has 0 aliphatic rings. The Labute approximate surface area is 148 Å². The van der Waals surface area contributed by atoms with Gasteiger partial charge in [0.2, 0.25) is 10.0 Å². The van der Waals surface area contributed by atoms with Gasteiger partial charge >= 0.3 is 0 Å². The van der Waals surface area contributed by atoms with Gasteiger partial charge in [0.15, 0.2) is 0 Å². The van der Waals surface area contributed by atoms with Gasteiger partial charge in [-0.3, -0.25) is 0 Å². The SMILES string of the molecule is Cc1ccc(F)c(S(=O)(=O)N(CCN)CCc2ccccc2)c1.Cl. The van der Waals surface area contributed by atoms with E-state index >= 15 is 0 Å². The van der Waals surface area contributed by atoms with Gasteiger partial charge in [-0.15, -0.1) is 12.4 Å². The van der Waals surface area contributed by atoms with Crippen molar-refractivity contribution in [3.8, 4) is 0 Å². The quantitative estimate of drug-likeness (QED) is 0.812. The third-order valence-electron chi connectivity index (χ3n) is 3.58. The van der Waals surface area contributed by atoms with E-state index in [0.29, 0.717) is 12.0 Å². The average Bonchev–Trinajstić information content (AvgIpc) is 2.54. The van der Waals surface area contributed by atoms with Gasteiger partial charge in [-0.05, 0) is 36.6 Å². The summed E-state index contributed by atoms with van der Waals surface area (Å²) < 4.78 is 40.7. The molecule has 0 aliphatic heterocycles. The van der Waals surface area contributed by atoms with Crippen molar-refractivity contribution >= 4 is 22.4 Å². The summed E-state index contributed by atoms with van der Waals surface area (Å²) in [4.78, 5) is -0.293. The van der Waals surface area contributed by atoms with E-state index in [9.17, 15) is 12.8 Å². The lowest BCUT2D eigenvalue weighted by Crippen LogP contribution is -2.37. The topological polar surface area (TPSA) is 63.4 Å². The zero-order valence-corrected chi connectivity index (χ0v) is 15.1. The molecule has 24 heavy (non-hydrogen) atoms. The minimum atomic E-state index is -3.91. The molecule has 0 unspecified atom stereocenters. The number of nitrogens with zero attached hydrogens (tertiary/aromatic N) is 1. The highest BCUT2D eigenvalue weighted by Gasteiger charge is 2.26. The van der Waals surface area contributed by atoms with E-state index in [4.69, 9.17) is 5.73 Å². The minimum absolute atomic E-state index is 0. The molecule has 0 aromatic heterocycles. The van der Waals surface area contributed by atoms with E-state index in [2.05, 4.69) is 0 Å². The second kappa shape index (κ2) is 9.13. The van der Waals surface area contributed by atoms with Crippen molar-refractivity contribution in [2.24, 2.45) is 5.73 Å². The summed E-state index contributed by atoms with van der Waals surface area (Å²) in [5.74, 6) is -0.739. The van der Waals surface area contributed by atoms with E-state index < -0.39 is 15.8 Å². The molecule has 0 saturated heterocycles. The third-order valence-corrected chi connectivity index (χ3v) is 5.49. The summed E-state index contributed by atoms with van der Waals surface area (Å²) in [6.45, 7) is 2.33. The van der Waals surface area contributed by atoms with Crippen molar-refractivity contribution in [1.29, 1.82) is 0 Å². The maximum absolute atomic E-state index is 14.0. The average molecular weight is 373 g/mol. The summed E-state index contributed by atoms with van der Waals surface area (Å²) in [7, 11) is -3.91. The fraction of sp³-hybridized carbons (Fsp3) is 0.294. The van der Waals surface area contributed by atoms with Crippen molar-refractivity contribution < 1.29 is 12.8 Å². The Balaban J connectivity index is 0.00000288. The molecule has 2 rings (SSSR count). The first-order valence-corrected chi connectivity index (χ1v) is 8.89. The molecule has 0 radical (unpaired) electrons. The molecule has 7 heteroatoms. The largest absolute Gasteiger partial charge is 0.329 e. The van der Waals surface area contributed by atoms with Crippen LogP contribution < -0.4 is 5.73 Å². The molecule has 0 heterocycles. The van der Waals surface area contributed by atoms with Gasteiger partial charge in [0.25, 0.3) is 0 Å². The van der Waals surface area contributed by atoms with Crippen molar-refractivity contribution in [1.82, 2.24) is 4.31 Å². The molecule has 132 valence electrons. The van der Waals surface area contributed by atoms with E-state index in [-0.39, 0.29) is 36.9 Å². The van der Waals surface area contributed by atoms with E-state index in [0.717, 1.165) is 5.56 Å². The lowest BCUT2D eigenvalue weighted by Gasteiger charge is -2.22. The number of hydrogen-bond acceptors (Lipinski definition) is 3. The van der Waals surface area contributed by atoms with Gasteiger partial charge in [0, 0.05) is 19.6 Å². The Morgan fingerprint density at radius 1 is 1.08 bits per heavy atom. The number of nitrogens with two attached hydrogens (primary N) is 1. The highest BCUT2D eigenvalue weighted by Crippen LogP contribution is 2.21. The molecule has 4 nitrogen and oxygen atoms in total. The Morgan fingerprint density at radius 2 is 1.75 bits per heavy atom. The van der Waals surface area contributed by atoms with Crippen LogP contribution in [0, 0.1) is 12.7 Å². The second-order valence-corrected chi connectivity index (χ2v) is 7.27. The van der Waals surface area contributed by atoms with Gasteiger partial charge in [0.05, 0.1) is 0 Å². The summed E-state index contributed by atoms with van der Waals surface area (Å²) in [5.41, 5.74) is 7.26. The van der Waals surface area contributed by atoms with Crippen LogP contribution in [0.3, 0.4) is 0 Å². The van der Waals surface area contributed by atoms with Crippen LogP contribution in [0.5, 0.6) is 0 Å². The number of hydrogen-bond donors (Lipinski definition) is 1. The normalized spacial score (nSPS) is 11.3. The van der Waals surface area contributed by atoms with Crippen LogP contribution in [0.4, 0.5) is 4.39 Å². The highest BCUT2D eigenvalue weighted by atomic mass is 35.5. The molecule has 0 fully saturated rings. The summed E-state index contributed by atoms with van der Waals surface area (Å²) in [5, 5.41) is 0. The Kier molecular flexibility index (Phi) is 7.83. The van der Waals surface area contributed by atoms with Crippen molar-refractivity contribution in [3.05, 3.63) is 65.5 Å². The first-order valence-electron chi connectivity index (χ1n) is 7.45. The van der Waals surface area contributed by atoms with Crippen LogP contribution in [-0.4, -0.2) is 32.4 Å². The maximum Gasteiger partial charge on any atom is 0.246 e. The fourth-order valence-corrected chi connectivity index (χ4v) is 3.95. The van der Waals surface area contributed by atoms with Gasteiger partial charge in [0.1, 0.15) is 10.7 Å². The van der Waals surface area contributed by atoms with E-state index in [1.54, 1.807) is 13.0 Å². The smallest absolute Gasteiger partial charge is 0.246 e. The zero-order chi connectivity index (χ0) is 16.9. The van der Waals surface area contributed by atoms with E-state index in [1.165, 1.54) is 16.4 Å². The minimum Gasteiger partial charge on any atom is -0.329 e. The number of halogens is 2. The molecular weight excluding hydrogens is 351 g/mol. The molecule has 2 aromatic carbocycles. The van der Waals surface area contributed by atoms with Gasteiger partial charge in [-0.1, -0.05) is 36.4 Å². The molecule has 0 atom stereocenters. The van der Waals surface area contributed by atoms with Crippen LogP contribution in [0.2, 0.25) is 0 Å². The first kappa shape index (κ1) is 20.6. The number of benzene rings is 2. The number of aryl methyl sites for hydroxylation is 1. The lowest BCUT2D eigenvalue weighted by atomic mass is 10.1. The van der Waals surface area contributed by atoms with Crippen molar-refractivity contribution in [3.63, 3.8) is 0 Å². The first-order chi connectivity index (χ1) is 10.9. The lowest BCUT2D eigenvalue weighted by molar-refractivity contribution is 0.417. The highest BCUT2D eigenvalue weighted by molar-refractivity contribution is 7.89. The second-order valence-electron chi connectivity index (χ2n) is 5.36. The van der Waals surface area contributed by atoms with Gasteiger partial charge in [-0.25, -0.2) is 12.8 Å². The van der Waals surface area contributed by atoms with Crippen LogP contribution >= 0.6 is 12.4 Å². The Hall–Kier alpha value is -1.47. The molecule has 0 spiro atoms.